The molecule has 134 valence electrons. The Kier molecular flexibility index (Phi) is 7.31. The zero-order valence-electron chi connectivity index (χ0n) is 13.9. The highest BCUT2D eigenvalue weighted by atomic mass is 19.1. The van der Waals surface area contributed by atoms with Gasteiger partial charge in [-0.05, 0) is 12.1 Å². The third-order valence-electron chi connectivity index (χ3n) is 3.37. The summed E-state index contributed by atoms with van der Waals surface area (Å²) in [5.41, 5.74) is 0.574. The summed E-state index contributed by atoms with van der Waals surface area (Å²) in [6.07, 6.45) is 0.197. The molecule has 0 aliphatic heterocycles. The normalized spacial score (nSPS) is 9.77. The molecule has 2 rings (SSSR count). The Bertz CT molecular complexity index is 826. The summed E-state index contributed by atoms with van der Waals surface area (Å²) in [6, 6.07) is 11.7. The Balaban J connectivity index is 1.64. The molecule has 0 saturated heterocycles. The second kappa shape index (κ2) is 9.94. The summed E-state index contributed by atoms with van der Waals surface area (Å²) in [4.78, 5) is 23.5. The molecule has 0 radical (unpaired) electrons. The molecular formula is C20H17F2NO3. The zero-order chi connectivity index (χ0) is 18.8. The number of carbonyl (C=O) groups excluding carboxylic acids is 2. The van der Waals surface area contributed by atoms with Gasteiger partial charge in [0.2, 0.25) is 5.91 Å². The molecule has 0 bridgehead atoms. The van der Waals surface area contributed by atoms with Crippen LogP contribution in [0.15, 0.2) is 48.5 Å². The molecule has 0 unspecified atom stereocenters. The number of halogens is 2. The zero-order valence-corrected chi connectivity index (χ0v) is 13.9. The molecule has 4 nitrogen and oxygen atoms in total. The van der Waals surface area contributed by atoms with Crippen LogP contribution in [0.1, 0.15) is 23.2 Å². The standard InChI is InChI=1S/C20H17F2NO3/c21-16-8-10-19(17(22)14-16)26-13-5-4-12-23-20(25)11-9-18(24)15-6-2-1-3-7-15/h1-3,6-8,10,14H,9,11-13H2,(H,23,25). The second-order valence-electron chi connectivity index (χ2n) is 5.28. The first-order valence-corrected chi connectivity index (χ1v) is 7.95. The number of benzene rings is 2. The number of rotatable bonds is 7. The fourth-order valence-corrected chi connectivity index (χ4v) is 2.05. The Labute approximate surface area is 150 Å². The van der Waals surface area contributed by atoms with Crippen LogP contribution in [0.2, 0.25) is 0 Å². The van der Waals surface area contributed by atoms with Crippen LogP contribution >= 0.6 is 0 Å². The van der Waals surface area contributed by atoms with E-state index in [4.69, 9.17) is 4.74 Å². The van der Waals surface area contributed by atoms with Gasteiger partial charge in [0.15, 0.2) is 17.3 Å². The SMILES string of the molecule is O=C(CCC(=O)c1ccccc1)NCC#CCOc1ccc(F)cc1F. The van der Waals surface area contributed by atoms with E-state index in [2.05, 4.69) is 17.2 Å². The molecule has 6 heteroatoms. The van der Waals surface area contributed by atoms with Gasteiger partial charge in [-0.1, -0.05) is 42.2 Å². The van der Waals surface area contributed by atoms with Crippen LogP contribution < -0.4 is 10.1 Å². The van der Waals surface area contributed by atoms with Crippen LogP contribution in [0.4, 0.5) is 8.78 Å². The first-order chi connectivity index (χ1) is 12.6. The van der Waals surface area contributed by atoms with Gasteiger partial charge in [0.05, 0.1) is 6.54 Å². The highest BCUT2D eigenvalue weighted by molar-refractivity contribution is 5.97. The highest BCUT2D eigenvalue weighted by Gasteiger charge is 2.08. The Hall–Kier alpha value is -3.20. The van der Waals surface area contributed by atoms with Gasteiger partial charge >= 0.3 is 0 Å². The number of Topliss-reactive ketones (excluding diaryl/α,β-unsaturated/α-hetero) is 1. The summed E-state index contributed by atoms with van der Waals surface area (Å²) in [5, 5.41) is 2.56. The maximum Gasteiger partial charge on any atom is 0.221 e. The van der Waals surface area contributed by atoms with E-state index in [1.807, 2.05) is 6.07 Å². The van der Waals surface area contributed by atoms with Gasteiger partial charge in [0.25, 0.3) is 0 Å². The van der Waals surface area contributed by atoms with Crippen molar-refractivity contribution < 1.29 is 23.1 Å². The number of hydrogen-bond acceptors (Lipinski definition) is 3. The van der Waals surface area contributed by atoms with Crippen molar-refractivity contribution in [3.05, 3.63) is 65.7 Å². The van der Waals surface area contributed by atoms with Gasteiger partial charge in [-0.15, -0.1) is 0 Å². The van der Waals surface area contributed by atoms with Crippen molar-refractivity contribution in [2.75, 3.05) is 13.2 Å². The first-order valence-electron chi connectivity index (χ1n) is 7.95. The Morgan fingerprint density at radius 3 is 2.50 bits per heavy atom. The lowest BCUT2D eigenvalue weighted by Gasteiger charge is -2.03. The van der Waals surface area contributed by atoms with Gasteiger partial charge in [-0.2, -0.15) is 0 Å². The number of nitrogens with one attached hydrogen (secondary N) is 1. The van der Waals surface area contributed by atoms with Gasteiger partial charge in [-0.25, -0.2) is 8.78 Å². The van der Waals surface area contributed by atoms with E-state index in [-0.39, 0.29) is 43.4 Å². The van der Waals surface area contributed by atoms with Gasteiger partial charge < -0.3 is 10.1 Å². The van der Waals surface area contributed by atoms with E-state index in [9.17, 15) is 18.4 Å². The van der Waals surface area contributed by atoms with E-state index in [0.717, 1.165) is 12.1 Å². The maximum absolute atomic E-state index is 13.3. The topological polar surface area (TPSA) is 55.4 Å². The molecule has 1 N–H and O–H groups in total. The van der Waals surface area contributed by atoms with E-state index in [1.54, 1.807) is 24.3 Å². The summed E-state index contributed by atoms with van der Waals surface area (Å²) in [5.74, 6) is 3.30. The molecule has 0 fully saturated rings. The van der Waals surface area contributed by atoms with Crippen molar-refractivity contribution in [3.63, 3.8) is 0 Å². The monoisotopic (exact) mass is 357 g/mol. The van der Waals surface area contributed by atoms with Crippen LogP contribution in [-0.4, -0.2) is 24.8 Å². The summed E-state index contributed by atoms with van der Waals surface area (Å²) in [6.45, 7) is -0.00145. The van der Waals surface area contributed by atoms with Gasteiger partial charge in [0.1, 0.15) is 12.4 Å². The summed E-state index contributed by atoms with van der Waals surface area (Å²) < 4.78 is 31.1. The van der Waals surface area contributed by atoms with Gasteiger partial charge in [-0.3, -0.25) is 9.59 Å². The lowest BCUT2D eigenvalue weighted by Crippen LogP contribution is -2.24. The highest BCUT2D eigenvalue weighted by Crippen LogP contribution is 2.17. The van der Waals surface area contributed by atoms with E-state index < -0.39 is 11.6 Å². The minimum absolute atomic E-state index is 0.0761. The minimum atomic E-state index is -0.803. The number of ether oxygens (including phenoxy) is 1. The first kappa shape index (κ1) is 19.1. The Morgan fingerprint density at radius 2 is 1.77 bits per heavy atom. The van der Waals surface area contributed by atoms with Crippen LogP contribution in [0, 0.1) is 23.5 Å². The van der Waals surface area contributed by atoms with Crippen molar-refractivity contribution in [1.29, 1.82) is 0 Å². The fraction of sp³-hybridized carbons (Fsp3) is 0.200. The number of carbonyl (C=O) groups is 2. The molecule has 2 aromatic carbocycles. The van der Waals surface area contributed by atoms with E-state index >= 15 is 0 Å². The second-order valence-corrected chi connectivity index (χ2v) is 5.28. The van der Waals surface area contributed by atoms with Crippen LogP contribution in [0.25, 0.3) is 0 Å². The molecule has 0 saturated carbocycles. The minimum Gasteiger partial charge on any atom is -0.478 e. The fourth-order valence-electron chi connectivity index (χ4n) is 2.05. The lowest BCUT2D eigenvalue weighted by atomic mass is 10.1. The van der Waals surface area contributed by atoms with E-state index in [1.165, 1.54) is 6.07 Å². The predicted octanol–water partition coefficient (Wildman–Crippen LogP) is 3.13. The van der Waals surface area contributed by atoms with Crippen molar-refractivity contribution in [3.8, 4) is 17.6 Å². The maximum atomic E-state index is 13.3. The van der Waals surface area contributed by atoms with Crippen LogP contribution in [-0.2, 0) is 4.79 Å². The molecule has 0 aliphatic carbocycles. The van der Waals surface area contributed by atoms with Crippen molar-refractivity contribution in [2.24, 2.45) is 0 Å². The van der Waals surface area contributed by atoms with Crippen LogP contribution in [0.5, 0.6) is 5.75 Å². The third-order valence-corrected chi connectivity index (χ3v) is 3.37. The van der Waals surface area contributed by atoms with Crippen LogP contribution in [0.3, 0.4) is 0 Å². The summed E-state index contributed by atoms with van der Waals surface area (Å²) in [7, 11) is 0. The number of amides is 1. The molecule has 2 aromatic rings. The van der Waals surface area contributed by atoms with Crippen molar-refractivity contribution in [2.45, 2.75) is 12.8 Å². The molecule has 26 heavy (non-hydrogen) atoms. The predicted molar refractivity (Wildman–Crippen MR) is 92.6 cm³/mol. The van der Waals surface area contributed by atoms with Crippen molar-refractivity contribution >= 4 is 11.7 Å². The summed E-state index contributed by atoms with van der Waals surface area (Å²) >= 11 is 0. The lowest BCUT2D eigenvalue weighted by molar-refractivity contribution is -0.120. The number of ketones is 1. The average Bonchev–Trinajstić information content (AvgIpc) is 2.64. The largest absolute Gasteiger partial charge is 0.478 e. The van der Waals surface area contributed by atoms with Gasteiger partial charge in [0, 0.05) is 24.5 Å². The molecule has 0 atom stereocenters. The molecule has 0 aliphatic rings. The smallest absolute Gasteiger partial charge is 0.221 e. The molecule has 0 heterocycles. The molecule has 0 spiro atoms. The van der Waals surface area contributed by atoms with E-state index in [0.29, 0.717) is 5.56 Å². The molecule has 0 aromatic heterocycles. The number of hydrogen-bond donors (Lipinski definition) is 1. The molecular weight excluding hydrogens is 340 g/mol. The Morgan fingerprint density at radius 1 is 1.00 bits per heavy atom. The van der Waals surface area contributed by atoms with Crippen molar-refractivity contribution in [1.82, 2.24) is 5.32 Å². The quantitative estimate of drug-likeness (QED) is 0.612. The average molecular weight is 357 g/mol. The third kappa shape index (κ3) is 6.36. The molecule has 1 amide bonds.